The third-order valence-corrected chi connectivity index (χ3v) is 3.97. The highest BCUT2D eigenvalue weighted by Gasteiger charge is 2.15. The van der Waals surface area contributed by atoms with Crippen molar-refractivity contribution < 1.29 is 0 Å². The second-order valence-corrected chi connectivity index (χ2v) is 5.63. The van der Waals surface area contributed by atoms with Crippen LogP contribution in [0.3, 0.4) is 0 Å². The highest BCUT2D eigenvalue weighted by atomic mass is 79.9. The topological polar surface area (TPSA) is 33.4 Å². The summed E-state index contributed by atoms with van der Waals surface area (Å²) >= 11 is 3.57. The van der Waals surface area contributed by atoms with E-state index < -0.39 is 0 Å². The second-order valence-electron chi connectivity index (χ2n) is 5.07. The van der Waals surface area contributed by atoms with E-state index in [1.165, 1.54) is 0 Å². The Balaban J connectivity index is 1.95. The molecular formula is C16H17BrN4. The molecule has 0 aliphatic rings. The van der Waals surface area contributed by atoms with Gasteiger partial charge >= 0.3 is 0 Å². The molecule has 0 saturated carbocycles. The van der Waals surface area contributed by atoms with Gasteiger partial charge in [0.15, 0.2) is 5.82 Å². The molecule has 21 heavy (non-hydrogen) atoms. The van der Waals surface area contributed by atoms with Crippen LogP contribution >= 0.6 is 15.9 Å². The van der Waals surface area contributed by atoms with Crippen LogP contribution in [0, 0.1) is 6.92 Å². The van der Waals surface area contributed by atoms with E-state index >= 15 is 0 Å². The minimum Gasteiger partial charge on any atom is -0.352 e. The van der Waals surface area contributed by atoms with Gasteiger partial charge in [-0.1, -0.05) is 28.1 Å². The molecule has 3 aromatic rings. The van der Waals surface area contributed by atoms with E-state index in [1.807, 2.05) is 49.5 Å². The first-order valence-electron chi connectivity index (χ1n) is 6.84. The summed E-state index contributed by atoms with van der Waals surface area (Å²) in [4.78, 5) is 11.4. The van der Waals surface area contributed by atoms with E-state index in [2.05, 4.69) is 37.3 Å². The van der Waals surface area contributed by atoms with Gasteiger partial charge in [0, 0.05) is 24.3 Å². The number of nitrogens with zero attached hydrogens (tertiary/aromatic N) is 4. The van der Waals surface area contributed by atoms with Gasteiger partial charge in [0.2, 0.25) is 0 Å². The molecule has 108 valence electrons. The van der Waals surface area contributed by atoms with Gasteiger partial charge in [-0.25, -0.2) is 4.98 Å². The van der Waals surface area contributed by atoms with E-state index in [1.54, 1.807) is 0 Å². The Morgan fingerprint density at radius 1 is 1.14 bits per heavy atom. The van der Waals surface area contributed by atoms with E-state index in [4.69, 9.17) is 4.98 Å². The van der Waals surface area contributed by atoms with Gasteiger partial charge in [-0.2, -0.15) is 0 Å². The molecule has 4 nitrogen and oxygen atoms in total. The third-order valence-electron chi connectivity index (χ3n) is 3.44. The van der Waals surface area contributed by atoms with Crippen molar-refractivity contribution in [2.24, 2.45) is 0 Å². The second kappa shape index (κ2) is 5.85. The number of alkyl halides is 1. The molecule has 0 aliphatic carbocycles. The minimum atomic E-state index is 0.742. The Kier molecular flexibility index (Phi) is 3.92. The van der Waals surface area contributed by atoms with Crippen LogP contribution in [0.4, 0.5) is 5.82 Å². The van der Waals surface area contributed by atoms with Crippen molar-refractivity contribution in [1.82, 2.24) is 14.4 Å². The van der Waals surface area contributed by atoms with Crippen molar-refractivity contribution in [2.75, 3.05) is 11.9 Å². The summed E-state index contributed by atoms with van der Waals surface area (Å²) in [7, 11) is 2.05. The van der Waals surface area contributed by atoms with Crippen LogP contribution in [0.25, 0.3) is 5.65 Å². The van der Waals surface area contributed by atoms with E-state index in [-0.39, 0.29) is 0 Å². The van der Waals surface area contributed by atoms with Crippen LogP contribution in [0.5, 0.6) is 0 Å². The lowest BCUT2D eigenvalue weighted by Gasteiger charge is -2.17. The van der Waals surface area contributed by atoms with Crippen molar-refractivity contribution in [3.05, 3.63) is 59.7 Å². The fraction of sp³-hybridized carbons (Fsp3) is 0.250. The lowest BCUT2D eigenvalue weighted by Crippen LogP contribution is -2.19. The van der Waals surface area contributed by atoms with Crippen molar-refractivity contribution >= 4 is 27.4 Å². The Bertz CT molecular complexity index is 766. The Morgan fingerprint density at radius 2 is 2.00 bits per heavy atom. The summed E-state index contributed by atoms with van der Waals surface area (Å²) in [6, 6.07) is 12.2. The molecule has 0 unspecified atom stereocenters. The minimum absolute atomic E-state index is 0.742. The lowest BCUT2D eigenvalue weighted by atomic mass is 10.3. The first-order chi connectivity index (χ1) is 10.2. The highest BCUT2D eigenvalue weighted by molar-refractivity contribution is 9.08. The van der Waals surface area contributed by atoms with Crippen molar-refractivity contribution in [3.63, 3.8) is 0 Å². The quantitative estimate of drug-likeness (QED) is 0.678. The van der Waals surface area contributed by atoms with Gasteiger partial charge < -0.3 is 9.30 Å². The molecule has 0 saturated heterocycles. The molecule has 0 amide bonds. The van der Waals surface area contributed by atoms with Gasteiger partial charge in [0.1, 0.15) is 5.65 Å². The average molecular weight is 345 g/mol. The SMILES string of the molecule is Cc1cccc(CN(C)c2nc3ccccn3c2CBr)n1. The average Bonchev–Trinajstić information content (AvgIpc) is 2.86. The zero-order chi connectivity index (χ0) is 14.8. The number of aryl methyl sites for hydroxylation is 1. The van der Waals surface area contributed by atoms with E-state index in [0.29, 0.717) is 0 Å². The number of anilines is 1. The number of hydrogen-bond acceptors (Lipinski definition) is 3. The molecule has 3 rings (SSSR count). The highest BCUT2D eigenvalue weighted by Crippen LogP contribution is 2.24. The Hall–Kier alpha value is -1.88. The summed E-state index contributed by atoms with van der Waals surface area (Å²) < 4.78 is 2.12. The standard InChI is InChI=1S/C16H17BrN4/c1-12-6-5-7-13(18-12)11-20(2)16-14(10-17)21-9-4-3-8-15(21)19-16/h3-9H,10-11H2,1-2H3. The smallest absolute Gasteiger partial charge is 0.152 e. The molecule has 3 aromatic heterocycles. The molecule has 0 spiro atoms. The number of fused-ring (bicyclic) bond motifs is 1. The third kappa shape index (κ3) is 2.78. The monoisotopic (exact) mass is 344 g/mol. The fourth-order valence-corrected chi connectivity index (χ4v) is 2.99. The van der Waals surface area contributed by atoms with Crippen molar-refractivity contribution in [1.29, 1.82) is 0 Å². The first kappa shape index (κ1) is 14.1. The summed E-state index contributed by atoms with van der Waals surface area (Å²) in [5.74, 6) is 0.987. The lowest BCUT2D eigenvalue weighted by molar-refractivity contribution is 0.857. The number of imidazole rings is 1. The normalized spacial score (nSPS) is 11.0. The number of aromatic nitrogens is 3. The van der Waals surface area contributed by atoms with Crippen LogP contribution in [0.2, 0.25) is 0 Å². The number of pyridine rings is 2. The number of hydrogen-bond donors (Lipinski definition) is 0. The van der Waals surface area contributed by atoms with Gasteiger partial charge in [-0.3, -0.25) is 4.98 Å². The van der Waals surface area contributed by atoms with Gasteiger partial charge in [-0.15, -0.1) is 0 Å². The maximum absolute atomic E-state index is 4.73. The first-order valence-corrected chi connectivity index (χ1v) is 7.97. The maximum Gasteiger partial charge on any atom is 0.152 e. The van der Waals surface area contributed by atoms with Crippen LogP contribution in [0.1, 0.15) is 17.1 Å². The predicted molar refractivity (Wildman–Crippen MR) is 88.9 cm³/mol. The molecule has 0 atom stereocenters. The van der Waals surface area contributed by atoms with E-state index in [0.717, 1.165) is 40.4 Å². The van der Waals surface area contributed by atoms with Gasteiger partial charge in [0.05, 0.1) is 17.9 Å². The van der Waals surface area contributed by atoms with Crippen molar-refractivity contribution in [2.45, 2.75) is 18.8 Å². The molecule has 0 fully saturated rings. The number of rotatable bonds is 4. The molecule has 0 radical (unpaired) electrons. The fourth-order valence-electron chi connectivity index (χ4n) is 2.47. The van der Waals surface area contributed by atoms with Gasteiger partial charge in [0.25, 0.3) is 0 Å². The van der Waals surface area contributed by atoms with Crippen molar-refractivity contribution in [3.8, 4) is 0 Å². The molecule has 3 heterocycles. The zero-order valence-electron chi connectivity index (χ0n) is 12.1. The Morgan fingerprint density at radius 3 is 2.76 bits per heavy atom. The van der Waals surface area contributed by atoms with Crippen LogP contribution in [-0.4, -0.2) is 21.4 Å². The van der Waals surface area contributed by atoms with Crippen LogP contribution < -0.4 is 4.90 Å². The van der Waals surface area contributed by atoms with Crippen LogP contribution in [0.15, 0.2) is 42.6 Å². The summed E-state index contributed by atoms with van der Waals surface area (Å²) in [6.45, 7) is 2.75. The Labute approximate surface area is 132 Å². The molecular weight excluding hydrogens is 328 g/mol. The maximum atomic E-state index is 4.73. The molecule has 0 N–H and O–H groups in total. The molecule has 5 heteroatoms. The number of halogens is 1. The molecule has 0 aromatic carbocycles. The summed E-state index contributed by atoms with van der Waals surface area (Å²) in [5.41, 5.74) is 4.21. The molecule has 0 aliphatic heterocycles. The zero-order valence-corrected chi connectivity index (χ0v) is 13.7. The summed E-state index contributed by atoms with van der Waals surface area (Å²) in [5, 5.41) is 0.763. The van der Waals surface area contributed by atoms with E-state index in [9.17, 15) is 0 Å². The molecule has 0 bridgehead atoms. The van der Waals surface area contributed by atoms with Gasteiger partial charge in [-0.05, 0) is 31.2 Å². The van der Waals surface area contributed by atoms with Crippen LogP contribution in [-0.2, 0) is 11.9 Å². The predicted octanol–water partition coefficient (Wildman–Crippen LogP) is 3.57. The largest absolute Gasteiger partial charge is 0.352 e. The summed E-state index contributed by atoms with van der Waals surface area (Å²) in [6.07, 6.45) is 2.04.